The van der Waals surface area contributed by atoms with E-state index in [0.717, 1.165) is 12.8 Å². The summed E-state index contributed by atoms with van der Waals surface area (Å²) in [7, 11) is 0. The number of carbonyl (C=O) groups excluding carboxylic acids is 1. The Kier molecular flexibility index (Phi) is 4.54. The van der Waals surface area contributed by atoms with Crippen LogP contribution in [0.1, 0.15) is 26.7 Å². The summed E-state index contributed by atoms with van der Waals surface area (Å²) in [4.78, 5) is 11.5. The van der Waals surface area contributed by atoms with Gasteiger partial charge in [-0.1, -0.05) is 13.8 Å². The van der Waals surface area contributed by atoms with E-state index in [1.54, 1.807) is 0 Å². The fourth-order valence-corrected chi connectivity index (χ4v) is 1.59. The van der Waals surface area contributed by atoms with Crippen LogP contribution in [0.15, 0.2) is 0 Å². The minimum atomic E-state index is 0.0582. The van der Waals surface area contributed by atoms with Crippen molar-refractivity contribution in [2.24, 2.45) is 11.3 Å². The van der Waals surface area contributed by atoms with Gasteiger partial charge in [-0.15, -0.1) is 0 Å². The number of aliphatic hydroxyl groups excluding tert-OH is 1. The van der Waals surface area contributed by atoms with Crippen molar-refractivity contribution in [3.63, 3.8) is 0 Å². The quantitative estimate of drug-likeness (QED) is 0.610. The Bertz CT molecular complexity index is 216. The fourth-order valence-electron chi connectivity index (χ4n) is 1.59. The lowest BCUT2D eigenvalue weighted by atomic mass is 10.1. The summed E-state index contributed by atoms with van der Waals surface area (Å²) in [6.07, 6.45) is 1.80. The van der Waals surface area contributed by atoms with Gasteiger partial charge in [0.1, 0.15) is 0 Å². The number of rotatable bonds is 7. The second-order valence-corrected chi connectivity index (χ2v) is 4.73. The van der Waals surface area contributed by atoms with E-state index in [0.29, 0.717) is 19.8 Å². The van der Waals surface area contributed by atoms with Crippen LogP contribution in [0.3, 0.4) is 0 Å². The van der Waals surface area contributed by atoms with E-state index >= 15 is 0 Å². The van der Waals surface area contributed by atoms with Crippen molar-refractivity contribution in [1.82, 2.24) is 5.32 Å². The van der Waals surface area contributed by atoms with Crippen LogP contribution in [0.2, 0.25) is 0 Å². The normalized spacial score (nSPS) is 22.5. The Morgan fingerprint density at radius 3 is 2.73 bits per heavy atom. The van der Waals surface area contributed by atoms with Crippen LogP contribution in [-0.4, -0.2) is 37.4 Å². The van der Waals surface area contributed by atoms with Crippen LogP contribution >= 0.6 is 0 Å². The number of hydrogen-bond acceptors (Lipinski definition) is 3. The molecule has 0 saturated heterocycles. The molecule has 0 aromatic heterocycles. The van der Waals surface area contributed by atoms with Crippen molar-refractivity contribution in [1.29, 1.82) is 0 Å². The molecule has 0 bridgehead atoms. The largest absolute Gasteiger partial charge is 0.394 e. The minimum absolute atomic E-state index is 0.0582. The van der Waals surface area contributed by atoms with Gasteiger partial charge in [0.2, 0.25) is 5.91 Å². The molecule has 2 N–H and O–H groups in total. The zero-order valence-corrected chi connectivity index (χ0v) is 9.58. The second kappa shape index (κ2) is 5.47. The Hall–Kier alpha value is -0.610. The molecule has 1 rings (SSSR count). The van der Waals surface area contributed by atoms with Gasteiger partial charge in [0.05, 0.1) is 13.2 Å². The van der Waals surface area contributed by atoms with E-state index in [1.807, 2.05) is 0 Å². The van der Waals surface area contributed by atoms with Gasteiger partial charge >= 0.3 is 0 Å². The molecule has 0 aliphatic heterocycles. The highest BCUT2D eigenvalue weighted by Crippen LogP contribution is 2.51. The maximum atomic E-state index is 11.5. The van der Waals surface area contributed by atoms with Crippen molar-refractivity contribution in [2.75, 3.05) is 26.4 Å². The van der Waals surface area contributed by atoms with Crippen molar-refractivity contribution < 1.29 is 14.6 Å². The highest BCUT2D eigenvalue weighted by Gasteiger charge is 2.50. The molecule has 1 aliphatic rings. The van der Waals surface area contributed by atoms with Crippen LogP contribution < -0.4 is 5.32 Å². The first kappa shape index (κ1) is 12.5. The molecule has 0 heterocycles. The second-order valence-electron chi connectivity index (χ2n) is 4.73. The predicted molar refractivity (Wildman–Crippen MR) is 57.4 cm³/mol. The summed E-state index contributed by atoms with van der Waals surface area (Å²) in [6, 6.07) is 0. The maximum Gasteiger partial charge on any atom is 0.223 e. The monoisotopic (exact) mass is 215 g/mol. The number of aliphatic hydroxyl groups is 1. The standard InChI is InChI=1S/C11H21NO3/c1-11(2)8-9(11)10(14)12-4-3-6-15-7-5-13/h9,13H,3-8H2,1-2H3,(H,12,14). The van der Waals surface area contributed by atoms with Crippen molar-refractivity contribution in [3.8, 4) is 0 Å². The van der Waals surface area contributed by atoms with Gasteiger partial charge in [0, 0.05) is 19.1 Å². The molecule has 1 unspecified atom stereocenters. The van der Waals surface area contributed by atoms with Crippen LogP contribution in [0.4, 0.5) is 0 Å². The molecular formula is C11H21NO3. The molecule has 1 fully saturated rings. The first-order valence-electron chi connectivity index (χ1n) is 5.54. The van der Waals surface area contributed by atoms with E-state index in [1.165, 1.54) is 0 Å². The van der Waals surface area contributed by atoms with Gasteiger partial charge in [0.25, 0.3) is 0 Å². The lowest BCUT2D eigenvalue weighted by Gasteiger charge is -2.06. The molecule has 4 nitrogen and oxygen atoms in total. The van der Waals surface area contributed by atoms with Gasteiger partial charge in [-0.25, -0.2) is 0 Å². The Morgan fingerprint density at radius 2 is 2.20 bits per heavy atom. The van der Waals surface area contributed by atoms with E-state index in [-0.39, 0.29) is 23.8 Å². The average Bonchev–Trinajstić information content (AvgIpc) is 2.81. The third-order valence-electron chi connectivity index (χ3n) is 2.83. The van der Waals surface area contributed by atoms with Crippen molar-refractivity contribution >= 4 is 5.91 Å². The van der Waals surface area contributed by atoms with E-state index < -0.39 is 0 Å². The molecule has 0 aromatic rings. The summed E-state index contributed by atoms with van der Waals surface area (Å²) in [5.74, 6) is 0.373. The van der Waals surface area contributed by atoms with Gasteiger partial charge in [-0.3, -0.25) is 4.79 Å². The van der Waals surface area contributed by atoms with E-state index in [2.05, 4.69) is 19.2 Å². The van der Waals surface area contributed by atoms with Gasteiger partial charge in [-0.2, -0.15) is 0 Å². The van der Waals surface area contributed by atoms with E-state index in [9.17, 15) is 4.79 Å². The van der Waals surface area contributed by atoms with Crippen LogP contribution in [0.25, 0.3) is 0 Å². The summed E-state index contributed by atoms with van der Waals surface area (Å²) in [6.45, 7) is 5.92. The number of ether oxygens (including phenoxy) is 1. The highest BCUT2D eigenvalue weighted by molar-refractivity contribution is 5.82. The van der Waals surface area contributed by atoms with Crippen LogP contribution in [0, 0.1) is 11.3 Å². The number of amides is 1. The Labute approximate surface area is 91.0 Å². The van der Waals surface area contributed by atoms with Crippen LogP contribution in [-0.2, 0) is 9.53 Å². The fraction of sp³-hybridized carbons (Fsp3) is 0.909. The average molecular weight is 215 g/mol. The molecule has 1 atom stereocenters. The molecule has 0 aromatic carbocycles. The third-order valence-corrected chi connectivity index (χ3v) is 2.83. The molecule has 1 amide bonds. The maximum absolute atomic E-state index is 11.5. The van der Waals surface area contributed by atoms with E-state index in [4.69, 9.17) is 9.84 Å². The van der Waals surface area contributed by atoms with Gasteiger partial charge < -0.3 is 15.2 Å². The smallest absolute Gasteiger partial charge is 0.223 e. The van der Waals surface area contributed by atoms with Gasteiger partial charge in [0.15, 0.2) is 0 Å². The molecule has 0 radical (unpaired) electrons. The summed E-state index contributed by atoms with van der Waals surface area (Å²) >= 11 is 0. The lowest BCUT2D eigenvalue weighted by Crippen LogP contribution is -2.28. The van der Waals surface area contributed by atoms with Crippen molar-refractivity contribution in [2.45, 2.75) is 26.7 Å². The van der Waals surface area contributed by atoms with Crippen molar-refractivity contribution in [3.05, 3.63) is 0 Å². The highest BCUT2D eigenvalue weighted by atomic mass is 16.5. The SMILES string of the molecule is CC1(C)CC1C(=O)NCCCOCCO. The molecule has 4 heteroatoms. The number of nitrogens with one attached hydrogen (secondary N) is 1. The zero-order valence-electron chi connectivity index (χ0n) is 9.58. The number of carbonyl (C=O) groups is 1. The molecule has 0 spiro atoms. The van der Waals surface area contributed by atoms with Gasteiger partial charge in [-0.05, 0) is 18.3 Å². The Morgan fingerprint density at radius 1 is 1.53 bits per heavy atom. The summed E-state index contributed by atoms with van der Waals surface area (Å²) in [5.41, 5.74) is 0.206. The molecule has 88 valence electrons. The molecule has 15 heavy (non-hydrogen) atoms. The lowest BCUT2D eigenvalue weighted by molar-refractivity contribution is -0.123. The third kappa shape index (κ3) is 4.18. The first-order valence-corrected chi connectivity index (χ1v) is 5.54. The first-order chi connectivity index (χ1) is 7.08. The zero-order chi connectivity index (χ0) is 11.3. The summed E-state index contributed by atoms with van der Waals surface area (Å²) < 4.78 is 5.08. The van der Waals surface area contributed by atoms with Crippen LogP contribution in [0.5, 0.6) is 0 Å². The molecule has 1 saturated carbocycles. The predicted octanol–water partition coefficient (Wildman–Crippen LogP) is 0.548. The molecular weight excluding hydrogens is 194 g/mol. The molecule has 1 aliphatic carbocycles. The topological polar surface area (TPSA) is 58.6 Å². The summed E-state index contributed by atoms with van der Waals surface area (Å²) in [5, 5.41) is 11.4. The minimum Gasteiger partial charge on any atom is -0.394 e. The number of hydrogen-bond donors (Lipinski definition) is 2. The Balaban J connectivity index is 1.94.